The lowest BCUT2D eigenvalue weighted by molar-refractivity contribution is 0.294. The number of rotatable bonds is 0. The molecule has 0 aliphatic rings. The minimum absolute atomic E-state index is 0.501. The molecule has 6 nitrogen and oxygen atoms in total. The third-order valence-corrected chi connectivity index (χ3v) is 1.48. The molecule has 0 aliphatic carbocycles. The van der Waals surface area contributed by atoms with E-state index in [9.17, 15) is 18.9 Å². The lowest BCUT2D eigenvalue weighted by atomic mass is 10.8. The topological polar surface area (TPSA) is 66.0 Å². The Morgan fingerprint density at radius 2 is 1.25 bits per heavy atom. The summed E-state index contributed by atoms with van der Waals surface area (Å²) in [6.07, 6.45) is 0. The fraction of sp³-hybridized carbons (Fsp3) is 0.400. The van der Waals surface area contributed by atoms with E-state index < -0.39 is 21.9 Å². The van der Waals surface area contributed by atoms with Crippen molar-refractivity contribution in [3.63, 3.8) is 0 Å². The third-order valence-electron chi connectivity index (χ3n) is 1.48. The molecule has 1 rings (SSSR count). The summed E-state index contributed by atoms with van der Waals surface area (Å²) >= 11 is 0. The first kappa shape index (κ1) is 8.44. The van der Waals surface area contributed by atoms with Gasteiger partial charge in [-0.05, 0) is 0 Å². The predicted octanol–water partition coefficient (Wildman–Crippen LogP) is -2.02. The highest BCUT2D eigenvalue weighted by molar-refractivity contribution is 4.72. The molecule has 0 N–H and O–H groups in total. The molecule has 0 aliphatic heterocycles. The van der Waals surface area contributed by atoms with Crippen LogP contribution in [0.2, 0.25) is 0 Å². The summed E-state index contributed by atoms with van der Waals surface area (Å²) in [5.74, 6) is 0. The van der Waals surface area contributed by atoms with Gasteiger partial charge in [0.15, 0.2) is 0 Å². The summed E-state index contributed by atoms with van der Waals surface area (Å²) in [4.78, 5) is 31.7. The van der Waals surface area contributed by atoms with Crippen LogP contribution in [0.3, 0.4) is 0 Å². The number of aromatic nitrogens is 3. The fourth-order valence-corrected chi connectivity index (χ4v) is 0.734. The molecule has 0 spiro atoms. The van der Waals surface area contributed by atoms with Crippen molar-refractivity contribution < 1.29 is 4.48 Å². The van der Waals surface area contributed by atoms with Gasteiger partial charge >= 0.3 is 17.1 Å². The molecule has 0 aromatic carbocycles. The second-order valence-electron chi connectivity index (χ2n) is 2.25. The van der Waals surface area contributed by atoms with Gasteiger partial charge in [-0.1, -0.05) is 9.27 Å². The molecule has 1 aromatic heterocycles. The van der Waals surface area contributed by atoms with Crippen LogP contribution in [-0.2, 0) is 14.1 Å². The Bertz CT molecular complexity index is 378. The zero-order chi connectivity index (χ0) is 9.46. The summed E-state index contributed by atoms with van der Waals surface area (Å²) in [5, 5.41) is 0. The number of nitrogens with zero attached hydrogens (tertiary/aromatic N) is 3. The highest BCUT2D eigenvalue weighted by atomic mass is 19.2. The standard InChI is InChI=1S/C5H6FN3O3/c1-7-3(10)8(2)5(12)9(6)4(7)11/h1-2H3. The zero-order valence-electron chi connectivity index (χ0n) is 6.44. The monoisotopic (exact) mass is 175 g/mol. The smallest absolute Gasteiger partial charge is 0.247 e. The van der Waals surface area contributed by atoms with Crippen molar-refractivity contribution in [3.8, 4) is 0 Å². The second-order valence-corrected chi connectivity index (χ2v) is 2.25. The number of hydrogen-bond donors (Lipinski definition) is 0. The zero-order valence-corrected chi connectivity index (χ0v) is 6.44. The molecular formula is C5H6FN3O3. The van der Waals surface area contributed by atoms with Gasteiger partial charge < -0.3 is 0 Å². The van der Waals surface area contributed by atoms with Crippen LogP contribution in [0.4, 0.5) is 4.48 Å². The van der Waals surface area contributed by atoms with Gasteiger partial charge in [0.1, 0.15) is 0 Å². The highest BCUT2D eigenvalue weighted by Crippen LogP contribution is 1.63. The molecule has 1 aromatic rings. The molecule has 0 radical (unpaired) electrons. The van der Waals surface area contributed by atoms with Crippen LogP contribution in [-0.4, -0.2) is 13.9 Å². The molecule has 7 heteroatoms. The summed E-state index contributed by atoms with van der Waals surface area (Å²) in [6, 6.07) is 0. The van der Waals surface area contributed by atoms with Gasteiger partial charge in [-0.25, -0.2) is 23.5 Å². The van der Waals surface area contributed by atoms with Gasteiger partial charge in [0, 0.05) is 14.1 Å². The Morgan fingerprint density at radius 3 is 1.58 bits per heavy atom. The highest BCUT2D eigenvalue weighted by Gasteiger charge is 2.08. The molecule has 0 saturated carbocycles. The normalized spacial score (nSPS) is 10.2. The molecule has 0 fully saturated rings. The van der Waals surface area contributed by atoms with E-state index in [1.54, 1.807) is 0 Å². The summed E-state index contributed by atoms with van der Waals surface area (Å²) in [5.41, 5.74) is -3.40. The van der Waals surface area contributed by atoms with E-state index >= 15 is 0 Å². The van der Waals surface area contributed by atoms with E-state index in [0.717, 1.165) is 14.1 Å². The Hall–Kier alpha value is -1.66. The average molecular weight is 175 g/mol. The van der Waals surface area contributed by atoms with E-state index in [4.69, 9.17) is 0 Å². The lowest BCUT2D eigenvalue weighted by Crippen LogP contribution is -2.50. The third kappa shape index (κ3) is 0.900. The van der Waals surface area contributed by atoms with Gasteiger partial charge in [-0.15, -0.1) is 0 Å². The van der Waals surface area contributed by atoms with Crippen molar-refractivity contribution in [1.82, 2.24) is 13.9 Å². The van der Waals surface area contributed by atoms with Gasteiger partial charge in [0.2, 0.25) is 0 Å². The largest absolute Gasteiger partial charge is 0.365 e. The van der Waals surface area contributed by atoms with Crippen molar-refractivity contribution in [2.75, 3.05) is 0 Å². The van der Waals surface area contributed by atoms with Crippen LogP contribution in [0.15, 0.2) is 14.4 Å². The van der Waals surface area contributed by atoms with E-state index in [2.05, 4.69) is 0 Å². The van der Waals surface area contributed by atoms with Gasteiger partial charge in [0.05, 0.1) is 0 Å². The molecule has 0 bridgehead atoms. The Labute approximate surface area is 65.0 Å². The van der Waals surface area contributed by atoms with E-state index in [1.807, 2.05) is 0 Å². The fourth-order valence-electron chi connectivity index (χ4n) is 0.734. The van der Waals surface area contributed by atoms with Crippen LogP contribution < -0.4 is 17.1 Å². The quantitative estimate of drug-likeness (QED) is 0.457. The minimum Gasteiger partial charge on any atom is -0.247 e. The molecular weight excluding hydrogens is 169 g/mol. The van der Waals surface area contributed by atoms with Crippen molar-refractivity contribution in [3.05, 3.63) is 31.5 Å². The van der Waals surface area contributed by atoms with Gasteiger partial charge in [0.25, 0.3) is 0 Å². The minimum atomic E-state index is -1.27. The van der Waals surface area contributed by atoms with Gasteiger partial charge in [-0.2, -0.15) is 0 Å². The molecule has 0 amide bonds. The maximum Gasteiger partial charge on any atom is 0.365 e. The first-order valence-corrected chi connectivity index (χ1v) is 3.02. The predicted molar refractivity (Wildman–Crippen MR) is 37.7 cm³/mol. The van der Waals surface area contributed by atoms with Gasteiger partial charge in [-0.3, -0.25) is 0 Å². The molecule has 0 unspecified atom stereocenters. The molecule has 0 saturated heterocycles. The van der Waals surface area contributed by atoms with Crippen LogP contribution in [0, 0.1) is 0 Å². The Balaban J connectivity index is 4.00. The van der Waals surface area contributed by atoms with Crippen LogP contribution >= 0.6 is 0 Å². The van der Waals surface area contributed by atoms with Crippen molar-refractivity contribution >= 4 is 0 Å². The van der Waals surface area contributed by atoms with Crippen LogP contribution in [0.5, 0.6) is 0 Å². The van der Waals surface area contributed by atoms with Crippen molar-refractivity contribution in [2.45, 2.75) is 0 Å². The Kier molecular flexibility index (Phi) is 1.71. The number of halogens is 1. The molecule has 12 heavy (non-hydrogen) atoms. The number of hydrogen-bond acceptors (Lipinski definition) is 3. The summed E-state index contributed by atoms with van der Waals surface area (Å²) < 4.78 is 13.5. The van der Waals surface area contributed by atoms with Crippen LogP contribution in [0.25, 0.3) is 0 Å². The maximum absolute atomic E-state index is 12.5. The SMILES string of the molecule is Cn1c(=O)n(C)c(=O)n(F)c1=O. The molecule has 66 valence electrons. The van der Waals surface area contributed by atoms with Crippen molar-refractivity contribution in [2.24, 2.45) is 14.1 Å². The Morgan fingerprint density at radius 1 is 0.917 bits per heavy atom. The van der Waals surface area contributed by atoms with E-state index in [0.29, 0.717) is 9.13 Å². The first-order valence-electron chi connectivity index (χ1n) is 3.02. The summed E-state index contributed by atoms with van der Waals surface area (Å²) in [6.45, 7) is 0. The van der Waals surface area contributed by atoms with Crippen LogP contribution in [0.1, 0.15) is 0 Å². The molecule has 1 heterocycles. The second kappa shape index (κ2) is 2.43. The van der Waals surface area contributed by atoms with E-state index in [-0.39, 0.29) is 0 Å². The summed E-state index contributed by atoms with van der Waals surface area (Å²) in [7, 11) is 2.17. The van der Waals surface area contributed by atoms with Crippen molar-refractivity contribution in [1.29, 1.82) is 0 Å². The molecule has 0 atom stereocenters. The average Bonchev–Trinajstić information content (AvgIpc) is 2.08. The van der Waals surface area contributed by atoms with E-state index in [1.165, 1.54) is 0 Å². The maximum atomic E-state index is 12.5. The first-order chi connectivity index (χ1) is 5.46. The lowest BCUT2D eigenvalue weighted by Gasteiger charge is -1.99.